The highest BCUT2D eigenvalue weighted by atomic mass is 19.4. The molecule has 0 aliphatic carbocycles. The second-order valence-corrected chi connectivity index (χ2v) is 8.65. The van der Waals surface area contributed by atoms with Gasteiger partial charge in [-0.3, -0.25) is 9.69 Å². The van der Waals surface area contributed by atoms with Crippen LogP contribution in [0.15, 0.2) is 48.5 Å². The first-order valence-electron chi connectivity index (χ1n) is 11.4. The zero-order valence-corrected chi connectivity index (χ0v) is 19.7. The third-order valence-corrected chi connectivity index (χ3v) is 6.32. The molecule has 2 heterocycles. The first-order chi connectivity index (χ1) is 16.6. The van der Waals surface area contributed by atoms with Crippen LogP contribution in [0.3, 0.4) is 0 Å². The average molecular weight is 494 g/mol. The van der Waals surface area contributed by atoms with Crippen molar-refractivity contribution in [2.75, 3.05) is 37.0 Å². The number of alkyl halides is 3. The number of nitrogens with one attached hydrogen (secondary N) is 1. The lowest BCUT2D eigenvalue weighted by Crippen LogP contribution is -2.39. The number of hydrogen-bond acceptors (Lipinski definition) is 5. The third-order valence-electron chi connectivity index (χ3n) is 6.32. The Morgan fingerprint density at radius 3 is 2.17 bits per heavy atom. The Balaban J connectivity index is 0.000000429. The quantitative estimate of drug-likeness (QED) is 0.632. The minimum Gasteiger partial charge on any atom is -0.497 e. The molecule has 2 unspecified atom stereocenters. The van der Waals surface area contributed by atoms with Crippen LogP contribution in [0.5, 0.6) is 5.75 Å². The standard InChI is InChI=1S/C23H29N3O2.C2HF3O2/c1-17-4-3-14-26(17)21-13-15-25(16-21)20-9-7-19(8-10-20)24-23(27)18-5-11-22(28-2)12-6-18;3-2(4,5)1(6)7/h5-12,17,21H,3-4,13-16H2,1-2H3,(H,24,27);(H,6,7). The van der Waals surface area contributed by atoms with Gasteiger partial charge in [0.25, 0.3) is 5.91 Å². The number of anilines is 2. The van der Waals surface area contributed by atoms with E-state index in [0.29, 0.717) is 11.6 Å². The number of ether oxygens (including phenoxy) is 1. The van der Waals surface area contributed by atoms with E-state index in [-0.39, 0.29) is 5.91 Å². The van der Waals surface area contributed by atoms with Crippen molar-refractivity contribution in [1.29, 1.82) is 0 Å². The zero-order chi connectivity index (χ0) is 25.6. The predicted octanol–water partition coefficient (Wildman–Crippen LogP) is 4.64. The fourth-order valence-electron chi connectivity index (χ4n) is 4.45. The summed E-state index contributed by atoms with van der Waals surface area (Å²) in [6, 6.07) is 16.7. The summed E-state index contributed by atoms with van der Waals surface area (Å²) < 4.78 is 36.9. The molecule has 0 bridgehead atoms. The molecular weight excluding hydrogens is 463 g/mol. The smallest absolute Gasteiger partial charge is 0.490 e. The van der Waals surface area contributed by atoms with Crippen LogP contribution in [0.1, 0.15) is 36.5 Å². The minimum atomic E-state index is -5.08. The van der Waals surface area contributed by atoms with Crippen LogP contribution < -0.4 is 15.0 Å². The van der Waals surface area contributed by atoms with Crippen molar-refractivity contribution in [2.45, 2.75) is 44.4 Å². The molecule has 2 aromatic rings. The Hall–Kier alpha value is -3.27. The number of amides is 1. The van der Waals surface area contributed by atoms with E-state index in [1.165, 1.54) is 31.5 Å². The topological polar surface area (TPSA) is 82.1 Å². The summed E-state index contributed by atoms with van der Waals surface area (Å²) in [6.07, 6.45) is -1.18. The molecule has 2 atom stereocenters. The molecule has 2 aromatic carbocycles. The molecule has 2 N–H and O–H groups in total. The fourth-order valence-corrected chi connectivity index (χ4v) is 4.45. The number of methoxy groups -OCH3 is 1. The van der Waals surface area contributed by atoms with E-state index in [2.05, 4.69) is 34.2 Å². The summed E-state index contributed by atoms with van der Waals surface area (Å²) in [6.45, 7) is 5.80. The summed E-state index contributed by atoms with van der Waals surface area (Å²) in [7, 11) is 1.62. The molecule has 0 saturated carbocycles. The number of hydrogen-bond donors (Lipinski definition) is 2. The second kappa shape index (κ2) is 11.4. The van der Waals surface area contributed by atoms with Crippen molar-refractivity contribution in [1.82, 2.24) is 4.90 Å². The number of aliphatic carboxylic acids is 1. The highest BCUT2D eigenvalue weighted by molar-refractivity contribution is 6.04. The first kappa shape index (κ1) is 26.3. The molecule has 1 amide bonds. The number of carbonyl (C=O) groups is 2. The molecule has 2 fully saturated rings. The van der Waals surface area contributed by atoms with Crippen LogP contribution in [0, 0.1) is 0 Å². The Morgan fingerprint density at radius 1 is 1.03 bits per heavy atom. The van der Waals surface area contributed by atoms with E-state index in [1.807, 2.05) is 12.1 Å². The van der Waals surface area contributed by atoms with Crippen molar-refractivity contribution in [3.63, 3.8) is 0 Å². The van der Waals surface area contributed by atoms with Crippen molar-refractivity contribution in [3.8, 4) is 5.75 Å². The zero-order valence-electron chi connectivity index (χ0n) is 19.7. The van der Waals surface area contributed by atoms with E-state index >= 15 is 0 Å². The number of rotatable bonds is 5. The number of carboxylic acid groups (broad SMARTS) is 1. The SMILES string of the molecule is COc1ccc(C(=O)Nc2ccc(N3CCC(N4CCCC4C)C3)cc2)cc1.O=C(O)C(F)(F)F. The Morgan fingerprint density at radius 2 is 1.66 bits per heavy atom. The molecule has 190 valence electrons. The van der Waals surface area contributed by atoms with Gasteiger partial charge in [0.1, 0.15) is 5.75 Å². The summed E-state index contributed by atoms with van der Waals surface area (Å²) in [5.41, 5.74) is 2.66. The lowest BCUT2D eigenvalue weighted by molar-refractivity contribution is -0.192. The van der Waals surface area contributed by atoms with Crippen LogP contribution in [-0.4, -0.2) is 66.9 Å². The van der Waals surface area contributed by atoms with E-state index in [4.69, 9.17) is 14.6 Å². The maximum Gasteiger partial charge on any atom is 0.490 e. The van der Waals surface area contributed by atoms with E-state index in [0.717, 1.165) is 30.6 Å². The maximum atomic E-state index is 12.4. The van der Waals surface area contributed by atoms with Crippen molar-refractivity contribution in [3.05, 3.63) is 54.1 Å². The van der Waals surface area contributed by atoms with Gasteiger partial charge >= 0.3 is 12.1 Å². The summed E-state index contributed by atoms with van der Waals surface area (Å²) in [4.78, 5) is 26.5. The molecule has 0 radical (unpaired) electrons. The summed E-state index contributed by atoms with van der Waals surface area (Å²) >= 11 is 0. The van der Waals surface area contributed by atoms with Gasteiger partial charge in [-0.15, -0.1) is 0 Å². The van der Waals surface area contributed by atoms with Crippen LogP contribution in [0.2, 0.25) is 0 Å². The molecule has 7 nitrogen and oxygen atoms in total. The number of halogens is 3. The molecule has 4 rings (SSSR count). The van der Waals surface area contributed by atoms with Gasteiger partial charge in [0, 0.05) is 42.1 Å². The molecule has 10 heteroatoms. The number of likely N-dealkylation sites (tertiary alicyclic amines) is 1. The van der Waals surface area contributed by atoms with Gasteiger partial charge in [-0.2, -0.15) is 13.2 Å². The van der Waals surface area contributed by atoms with Gasteiger partial charge in [-0.25, -0.2) is 4.79 Å². The second-order valence-electron chi connectivity index (χ2n) is 8.65. The minimum absolute atomic E-state index is 0.111. The third kappa shape index (κ3) is 7.11. The largest absolute Gasteiger partial charge is 0.497 e. The maximum absolute atomic E-state index is 12.4. The average Bonchev–Trinajstić information content (AvgIpc) is 3.48. The summed E-state index contributed by atoms with van der Waals surface area (Å²) in [5.74, 6) is -2.12. The molecule has 0 spiro atoms. The van der Waals surface area contributed by atoms with Crippen molar-refractivity contribution in [2.24, 2.45) is 0 Å². The molecular formula is C25H30F3N3O4. The fraction of sp³-hybridized carbons (Fsp3) is 0.440. The lowest BCUT2D eigenvalue weighted by atomic mass is 10.2. The Kier molecular flexibility index (Phi) is 8.61. The van der Waals surface area contributed by atoms with E-state index in [9.17, 15) is 18.0 Å². The predicted molar refractivity (Wildman–Crippen MR) is 127 cm³/mol. The highest BCUT2D eigenvalue weighted by Gasteiger charge is 2.38. The van der Waals surface area contributed by atoms with E-state index in [1.54, 1.807) is 31.4 Å². The van der Waals surface area contributed by atoms with Crippen LogP contribution in [-0.2, 0) is 4.79 Å². The highest BCUT2D eigenvalue weighted by Crippen LogP contribution is 2.29. The van der Waals surface area contributed by atoms with E-state index < -0.39 is 12.1 Å². The molecule has 35 heavy (non-hydrogen) atoms. The van der Waals surface area contributed by atoms with Crippen LogP contribution in [0.4, 0.5) is 24.5 Å². The molecule has 2 aliphatic heterocycles. The Labute approximate surface area is 202 Å². The molecule has 2 saturated heterocycles. The number of benzene rings is 2. The van der Waals surface area contributed by atoms with Gasteiger partial charge < -0.3 is 20.1 Å². The van der Waals surface area contributed by atoms with Crippen LogP contribution in [0.25, 0.3) is 0 Å². The Bertz CT molecular complexity index is 997. The summed E-state index contributed by atoms with van der Waals surface area (Å²) in [5, 5.41) is 10.1. The monoisotopic (exact) mass is 493 g/mol. The van der Waals surface area contributed by atoms with Crippen LogP contribution >= 0.6 is 0 Å². The number of carbonyl (C=O) groups excluding carboxylic acids is 1. The van der Waals surface area contributed by atoms with Gasteiger partial charge in [0.2, 0.25) is 0 Å². The lowest BCUT2D eigenvalue weighted by Gasteiger charge is -2.28. The van der Waals surface area contributed by atoms with Crippen molar-refractivity contribution < 1.29 is 32.6 Å². The van der Waals surface area contributed by atoms with Gasteiger partial charge in [0.15, 0.2) is 0 Å². The molecule has 2 aliphatic rings. The first-order valence-corrected chi connectivity index (χ1v) is 11.4. The van der Waals surface area contributed by atoms with Gasteiger partial charge in [0.05, 0.1) is 7.11 Å². The normalized spacial score (nSPS) is 20.2. The number of carboxylic acids is 1. The van der Waals surface area contributed by atoms with Crippen molar-refractivity contribution >= 4 is 23.3 Å². The van der Waals surface area contributed by atoms with Gasteiger partial charge in [-0.05, 0) is 81.3 Å². The van der Waals surface area contributed by atoms with Gasteiger partial charge in [-0.1, -0.05) is 0 Å². The molecule has 0 aromatic heterocycles. The number of nitrogens with zero attached hydrogens (tertiary/aromatic N) is 2.